The van der Waals surface area contributed by atoms with Crippen molar-refractivity contribution in [3.63, 3.8) is 0 Å². The molecule has 6 aliphatic carbocycles. The van der Waals surface area contributed by atoms with Crippen LogP contribution in [0, 0.1) is 29.1 Å². The molecule has 0 heterocycles. The number of thiol groups is 1. The molecule has 6 aliphatic rings. The van der Waals surface area contributed by atoms with E-state index < -0.39 is 68.3 Å². The lowest BCUT2D eigenvalue weighted by molar-refractivity contribution is -0.201. The molecule has 0 amide bonds. The molecule has 6 bridgehead atoms. The first-order valence-electron chi connectivity index (χ1n) is 11.9. The Morgan fingerprint density at radius 3 is 2.19 bits per heavy atom. The summed E-state index contributed by atoms with van der Waals surface area (Å²) in [5, 5.41) is -5.08. The Bertz CT molecular complexity index is 1100. The van der Waals surface area contributed by atoms with E-state index in [2.05, 4.69) is 4.74 Å². The number of halogens is 2. The van der Waals surface area contributed by atoms with Gasteiger partial charge in [-0.25, -0.2) is 18.0 Å². The first-order chi connectivity index (χ1) is 16.7. The number of hydrogen-bond donors (Lipinski definition) is 2. The van der Waals surface area contributed by atoms with Gasteiger partial charge in [0.2, 0.25) is 0 Å². The zero-order valence-electron chi connectivity index (χ0n) is 19.2. The first kappa shape index (κ1) is 26.0. The third-order valence-corrected chi connectivity index (χ3v) is 9.94. The van der Waals surface area contributed by atoms with Crippen LogP contribution in [0.15, 0.2) is 0 Å². The van der Waals surface area contributed by atoms with Crippen LogP contribution < -0.4 is 0 Å². The van der Waals surface area contributed by atoms with E-state index in [0.717, 1.165) is 19.3 Å². The molecule has 0 spiro atoms. The maximum absolute atomic E-state index is 13.7. The number of fused-ring (bicyclic) bond motifs is 2. The standard InChI is InChI=1S/C21H28F2O11S2/c22-21(23,36(28,29)30)17(24)31-10-19-5-11-3-12(6-19)8-20(7-11,9-19)33-18(25)32-15-13-1-2-14(4-13)16(15)34-35(26)27/h11-16,35H,1-10H2,(H,28,29,30). The van der Waals surface area contributed by atoms with Gasteiger partial charge in [0.05, 0.1) is 6.61 Å². The second kappa shape index (κ2) is 8.73. The number of esters is 1. The van der Waals surface area contributed by atoms with Crippen molar-refractivity contribution in [3.05, 3.63) is 0 Å². The lowest BCUT2D eigenvalue weighted by Gasteiger charge is -2.60. The highest BCUT2D eigenvalue weighted by atomic mass is 32.2. The van der Waals surface area contributed by atoms with Crippen LogP contribution in [0.4, 0.5) is 13.6 Å². The fraction of sp³-hybridized carbons (Fsp3) is 0.905. The molecule has 6 atom stereocenters. The number of hydrogen-bond acceptors (Lipinski definition) is 10. The number of ether oxygens (including phenoxy) is 3. The molecule has 6 fully saturated rings. The Morgan fingerprint density at radius 1 is 1.00 bits per heavy atom. The summed E-state index contributed by atoms with van der Waals surface area (Å²) in [7, 11) is -9.09. The average Bonchev–Trinajstić information content (AvgIpc) is 3.32. The quantitative estimate of drug-likeness (QED) is 0.255. The zero-order chi connectivity index (χ0) is 26.1. The summed E-state index contributed by atoms with van der Waals surface area (Å²) in [6, 6.07) is 0. The molecule has 15 heteroatoms. The van der Waals surface area contributed by atoms with E-state index in [4.69, 9.17) is 18.2 Å². The van der Waals surface area contributed by atoms with Gasteiger partial charge in [-0.05, 0) is 81.5 Å². The third kappa shape index (κ3) is 4.60. The van der Waals surface area contributed by atoms with Crippen LogP contribution in [-0.2, 0) is 44.3 Å². The van der Waals surface area contributed by atoms with Gasteiger partial charge >= 0.3 is 27.5 Å². The minimum atomic E-state index is -5.98. The fourth-order valence-electron chi connectivity index (χ4n) is 7.97. The van der Waals surface area contributed by atoms with Crippen molar-refractivity contribution in [2.75, 3.05) is 6.61 Å². The molecule has 0 aliphatic heterocycles. The molecule has 0 aromatic heterocycles. The van der Waals surface area contributed by atoms with Gasteiger partial charge in [0.1, 0.15) is 17.8 Å². The van der Waals surface area contributed by atoms with Gasteiger partial charge in [-0.2, -0.15) is 17.2 Å². The smallest absolute Gasteiger partial charge is 0.460 e. The Labute approximate surface area is 208 Å². The lowest BCUT2D eigenvalue weighted by atomic mass is 9.48. The molecule has 0 saturated heterocycles. The molecule has 6 unspecified atom stereocenters. The van der Waals surface area contributed by atoms with Gasteiger partial charge in [-0.3, -0.25) is 8.74 Å². The van der Waals surface area contributed by atoms with Crippen molar-refractivity contribution in [2.45, 2.75) is 80.9 Å². The summed E-state index contributed by atoms with van der Waals surface area (Å²) < 4.78 is 101. The van der Waals surface area contributed by atoms with Gasteiger partial charge < -0.3 is 14.2 Å². The van der Waals surface area contributed by atoms with Gasteiger partial charge in [-0.1, -0.05) is 0 Å². The normalized spacial score (nSPS) is 41.0. The Balaban J connectivity index is 1.26. The van der Waals surface area contributed by atoms with Gasteiger partial charge in [0.15, 0.2) is 0 Å². The van der Waals surface area contributed by atoms with E-state index in [1.165, 1.54) is 0 Å². The number of carbonyl (C=O) groups excluding carboxylic acids is 2. The van der Waals surface area contributed by atoms with Crippen LogP contribution in [0.3, 0.4) is 0 Å². The Kier molecular flexibility index (Phi) is 6.32. The topological polar surface area (TPSA) is 160 Å². The van der Waals surface area contributed by atoms with E-state index in [-0.39, 0.29) is 30.1 Å². The van der Waals surface area contributed by atoms with Gasteiger partial charge in [0, 0.05) is 5.41 Å². The van der Waals surface area contributed by atoms with E-state index >= 15 is 0 Å². The SMILES string of the molecule is O=C(OC1C2CCC(C2)C1O[SH](=O)=O)OC12CC3CC(CC(COC(=O)C(F)(F)S(=O)(=O)O)(C3)C1)C2. The highest BCUT2D eigenvalue weighted by Crippen LogP contribution is 2.63. The van der Waals surface area contributed by atoms with Crippen LogP contribution in [0.1, 0.15) is 57.8 Å². The van der Waals surface area contributed by atoms with Gasteiger partial charge in [-0.15, -0.1) is 0 Å². The summed E-state index contributed by atoms with van der Waals surface area (Å²) in [5.41, 5.74) is -1.74. The van der Waals surface area contributed by atoms with Crippen LogP contribution in [-0.4, -0.2) is 63.2 Å². The van der Waals surface area contributed by atoms with Crippen LogP contribution in [0.2, 0.25) is 0 Å². The summed E-state index contributed by atoms with van der Waals surface area (Å²) in [6.07, 6.45) is 3.02. The molecule has 0 aromatic carbocycles. The van der Waals surface area contributed by atoms with Crippen molar-refractivity contribution >= 4 is 33.2 Å². The van der Waals surface area contributed by atoms with Crippen LogP contribution in [0.25, 0.3) is 0 Å². The fourth-order valence-corrected chi connectivity index (χ4v) is 8.73. The largest absolute Gasteiger partial charge is 0.509 e. The molecule has 1 N–H and O–H groups in total. The molecular formula is C21H28F2O11S2. The van der Waals surface area contributed by atoms with Crippen LogP contribution in [0.5, 0.6) is 0 Å². The van der Waals surface area contributed by atoms with E-state index in [9.17, 15) is 35.2 Å². The molecule has 0 aromatic rings. The molecule has 6 saturated carbocycles. The minimum absolute atomic E-state index is 0.0148. The average molecular weight is 559 g/mol. The summed E-state index contributed by atoms with van der Waals surface area (Å²) in [5.74, 6) is -2.21. The molecule has 0 radical (unpaired) electrons. The molecule has 11 nitrogen and oxygen atoms in total. The predicted molar refractivity (Wildman–Crippen MR) is 115 cm³/mol. The molecule has 36 heavy (non-hydrogen) atoms. The number of alkyl halides is 2. The zero-order valence-corrected chi connectivity index (χ0v) is 20.9. The molecule has 6 rings (SSSR count). The van der Waals surface area contributed by atoms with Crippen molar-refractivity contribution in [3.8, 4) is 0 Å². The van der Waals surface area contributed by atoms with Crippen molar-refractivity contribution in [2.24, 2.45) is 29.1 Å². The highest BCUT2D eigenvalue weighted by molar-refractivity contribution is 7.87. The summed E-state index contributed by atoms with van der Waals surface area (Å²) in [6.45, 7) is -0.497. The first-order valence-corrected chi connectivity index (χ1v) is 14.5. The Morgan fingerprint density at radius 2 is 1.61 bits per heavy atom. The number of carbonyl (C=O) groups is 2. The second-order valence-corrected chi connectivity index (χ2v) is 13.4. The lowest BCUT2D eigenvalue weighted by Crippen LogP contribution is -2.59. The third-order valence-electron chi connectivity index (χ3n) is 8.71. The summed E-state index contributed by atoms with van der Waals surface area (Å²) >= 11 is 0. The molecule has 204 valence electrons. The van der Waals surface area contributed by atoms with Crippen molar-refractivity contribution < 1.29 is 58.2 Å². The van der Waals surface area contributed by atoms with E-state index in [1.54, 1.807) is 0 Å². The molecular weight excluding hydrogens is 530 g/mol. The van der Waals surface area contributed by atoms with Crippen LogP contribution >= 0.6 is 0 Å². The van der Waals surface area contributed by atoms with Crippen molar-refractivity contribution in [1.82, 2.24) is 0 Å². The minimum Gasteiger partial charge on any atom is -0.460 e. The van der Waals surface area contributed by atoms with Crippen molar-refractivity contribution in [1.29, 1.82) is 0 Å². The maximum Gasteiger partial charge on any atom is 0.509 e. The van der Waals surface area contributed by atoms with Gasteiger partial charge in [0.25, 0.3) is 11.0 Å². The maximum atomic E-state index is 13.7. The second-order valence-electron chi connectivity index (χ2n) is 11.3. The monoisotopic (exact) mass is 558 g/mol. The van der Waals surface area contributed by atoms with E-state index in [0.29, 0.717) is 32.1 Å². The summed E-state index contributed by atoms with van der Waals surface area (Å²) in [4.78, 5) is 24.6. The Hall–Kier alpha value is -1.58. The number of rotatable bonds is 8. The van der Waals surface area contributed by atoms with E-state index in [1.807, 2.05) is 0 Å². The predicted octanol–water partition coefficient (Wildman–Crippen LogP) is 2.21. The highest BCUT2D eigenvalue weighted by Gasteiger charge is 2.62.